The highest BCUT2D eigenvalue weighted by Gasteiger charge is 2.24. The summed E-state index contributed by atoms with van der Waals surface area (Å²) in [5, 5.41) is 3.58. The van der Waals surface area contributed by atoms with E-state index >= 15 is 0 Å². The van der Waals surface area contributed by atoms with Crippen LogP contribution >= 0.6 is 15.9 Å². The molecule has 114 valence electrons. The van der Waals surface area contributed by atoms with Gasteiger partial charge in [-0.25, -0.2) is 0 Å². The second-order valence-corrected chi connectivity index (χ2v) is 6.73. The van der Waals surface area contributed by atoms with Crippen molar-refractivity contribution in [3.05, 3.63) is 28.2 Å². The van der Waals surface area contributed by atoms with Crippen molar-refractivity contribution in [1.82, 2.24) is 5.32 Å². The minimum atomic E-state index is 0.290. The molecule has 0 aliphatic rings. The molecule has 0 bridgehead atoms. The van der Waals surface area contributed by atoms with E-state index in [0.29, 0.717) is 5.41 Å². The van der Waals surface area contributed by atoms with Gasteiger partial charge in [0.05, 0.1) is 7.11 Å². The first-order valence-corrected chi connectivity index (χ1v) is 8.37. The second kappa shape index (κ2) is 8.68. The van der Waals surface area contributed by atoms with E-state index in [1.165, 1.54) is 29.3 Å². The van der Waals surface area contributed by atoms with Crippen LogP contribution in [0.1, 0.15) is 45.6 Å². The topological polar surface area (TPSA) is 21.3 Å². The van der Waals surface area contributed by atoms with E-state index < -0.39 is 0 Å². The van der Waals surface area contributed by atoms with Crippen LogP contribution in [-0.4, -0.2) is 20.2 Å². The van der Waals surface area contributed by atoms with Crippen molar-refractivity contribution in [2.75, 3.05) is 20.2 Å². The standard InChI is InChI=1S/C17H28BrNO/c1-5-9-17(3,13-19-10-6-2)12-14-11-15(20-4)7-8-16(14)18/h7-8,11,19H,5-6,9-10,12-13H2,1-4H3. The van der Waals surface area contributed by atoms with Crippen molar-refractivity contribution in [3.63, 3.8) is 0 Å². The van der Waals surface area contributed by atoms with Crippen LogP contribution < -0.4 is 10.1 Å². The van der Waals surface area contributed by atoms with E-state index in [9.17, 15) is 0 Å². The Hall–Kier alpha value is -0.540. The fraction of sp³-hybridized carbons (Fsp3) is 0.647. The van der Waals surface area contributed by atoms with Crippen LogP contribution in [0.25, 0.3) is 0 Å². The molecule has 0 aliphatic heterocycles. The number of nitrogens with one attached hydrogen (secondary N) is 1. The smallest absolute Gasteiger partial charge is 0.119 e. The maximum atomic E-state index is 5.35. The zero-order valence-corrected chi connectivity index (χ0v) is 14.8. The van der Waals surface area contributed by atoms with Gasteiger partial charge >= 0.3 is 0 Å². The summed E-state index contributed by atoms with van der Waals surface area (Å²) < 4.78 is 6.52. The monoisotopic (exact) mass is 341 g/mol. The zero-order chi connectivity index (χ0) is 15.0. The molecule has 3 heteroatoms. The Morgan fingerprint density at radius 1 is 1.25 bits per heavy atom. The number of rotatable bonds is 9. The lowest BCUT2D eigenvalue weighted by atomic mass is 9.79. The highest BCUT2D eigenvalue weighted by atomic mass is 79.9. The van der Waals surface area contributed by atoms with Gasteiger partial charge in [-0.1, -0.05) is 43.1 Å². The van der Waals surface area contributed by atoms with Gasteiger partial charge in [-0.05, 0) is 55.0 Å². The molecule has 0 aliphatic carbocycles. The van der Waals surface area contributed by atoms with Crippen LogP contribution in [0.5, 0.6) is 5.75 Å². The molecule has 1 aromatic rings. The molecule has 0 heterocycles. The molecular weight excluding hydrogens is 314 g/mol. The van der Waals surface area contributed by atoms with E-state index in [0.717, 1.165) is 25.3 Å². The fourth-order valence-corrected chi connectivity index (χ4v) is 3.07. The molecule has 1 N–H and O–H groups in total. The summed E-state index contributed by atoms with van der Waals surface area (Å²) in [6.45, 7) is 9.02. The minimum absolute atomic E-state index is 0.290. The maximum Gasteiger partial charge on any atom is 0.119 e. The third-order valence-corrected chi connectivity index (χ3v) is 4.48. The summed E-state index contributed by atoms with van der Waals surface area (Å²) in [6.07, 6.45) is 4.69. The molecule has 20 heavy (non-hydrogen) atoms. The van der Waals surface area contributed by atoms with E-state index in [2.05, 4.69) is 54.2 Å². The Labute approximate surface area is 132 Å². The van der Waals surface area contributed by atoms with E-state index in [1.807, 2.05) is 6.07 Å². The van der Waals surface area contributed by atoms with E-state index in [4.69, 9.17) is 4.74 Å². The Balaban J connectivity index is 2.83. The number of ether oxygens (including phenoxy) is 1. The largest absolute Gasteiger partial charge is 0.497 e. The number of halogens is 1. The molecule has 0 spiro atoms. The Morgan fingerprint density at radius 3 is 2.60 bits per heavy atom. The lowest BCUT2D eigenvalue weighted by molar-refractivity contribution is 0.275. The van der Waals surface area contributed by atoms with Gasteiger partial charge in [0.2, 0.25) is 0 Å². The van der Waals surface area contributed by atoms with Gasteiger partial charge in [-0.2, -0.15) is 0 Å². The van der Waals surface area contributed by atoms with Crippen molar-refractivity contribution in [2.45, 2.75) is 46.5 Å². The fourth-order valence-electron chi connectivity index (χ4n) is 2.68. The van der Waals surface area contributed by atoms with Crippen molar-refractivity contribution in [2.24, 2.45) is 5.41 Å². The van der Waals surface area contributed by atoms with Crippen LogP contribution in [-0.2, 0) is 6.42 Å². The van der Waals surface area contributed by atoms with Gasteiger partial charge in [0.25, 0.3) is 0 Å². The molecule has 2 nitrogen and oxygen atoms in total. The molecule has 1 aromatic carbocycles. The third-order valence-electron chi connectivity index (χ3n) is 3.70. The van der Waals surface area contributed by atoms with E-state index in [-0.39, 0.29) is 0 Å². The predicted octanol–water partition coefficient (Wildman–Crippen LogP) is 4.81. The number of hydrogen-bond acceptors (Lipinski definition) is 2. The zero-order valence-electron chi connectivity index (χ0n) is 13.3. The lowest BCUT2D eigenvalue weighted by Gasteiger charge is -2.30. The van der Waals surface area contributed by atoms with Crippen molar-refractivity contribution < 1.29 is 4.74 Å². The normalized spacial score (nSPS) is 14.1. The van der Waals surface area contributed by atoms with Crippen LogP contribution in [0.3, 0.4) is 0 Å². The molecule has 0 amide bonds. The van der Waals surface area contributed by atoms with Crippen LogP contribution in [0, 0.1) is 5.41 Å². The van der Waals surface area contributed by atoms with Crippen LogP contribution in [0.15, 0.2) is 22.7 Å². The summed E-state index contributed by atoms with van der Waals surface area (Å²) in [4.78, 5) is 0. The van der Waals surface area contributed by atoms with Gasteiger partial charge in [0.15, 0.2) is 0 Å². The lowest BCUT2D eigenvalue weighted by Crippen LogP contribution is -2.34. The van der Waals surface area contributed by atoms with Gasteiger partial charge in [0.1, 0.15) is 5.75 Å². The van der Waals surface area contributed by atoms with Crippen LogP contribution in [0.4, 0.5) is 0 Å². The van der Waals surface area contributed by atoms with Crippen molar-refractivity contribution >= 4 is 15.9 Å². The minimum Gasteiger partial charge on any atom is -0.497 e. The van der Waals surface area contributed by atoms with Gasteiger partial charge in [0, 0.05) is 11.0 Å². The number of hydrogen-bond donors (Lipinski definition) is 1. The molecule has 1 unspecified atom stereocenters. The number of benzene rings is 1. The Kier molecular flexibility index (Phi) is 7.60. The molecule has 0 saturated heterocycles. The quantitative estimate of drug-likeness (QED) is 0.651. The molecular formula is C17H28BrNO. The molecule has 0 radical (unpaired) electrons. The highest BCUT2D eigenvalue weighted by Crippen LogP contribution is 2.32. The maximum absolute atomic E-state index is 5.35. The van der Waals surface area contributed by atoms with Crippen molar-refractivity contribution in [1.29, 1.82) is 0 Å². The summed E-state index contributed by atoms with van der Waals surface area (Å²) >= 11 is 3.67. The second-order valence-electron chi connectivity index (χ2n) is 5.87. The first-order valence-electron chi connectivity index (χ1n) is 7.57. The van der Waals surface area contributed by atoms with E-state index in [1.54, 1.807) is 7.11 Å². The first-order chi connectivity index (χ1) is 9.54. The van der Waals surface area contributed by atoms with Gasteiger partial charge in [-0.15, -0.1) is 0 Å². The molecule has 0 fully saturated rings. The third kappa shape index (κ3) is 5.45. The Morgan fingerprint density at radius 2 is 2.00 bits per heavy atom. The average molecular weight is 342 g/mol. The van der Waals surface area contributed by atoms with Gasteiger partial charge in [-0.3, -0.25) is 0 Å². The number of methoxy groups -OCH3 is 1. The average Bonchev–Trinajstić information content (AvgIpc) is 2.42. The summed E-state index contributed by atoms with van der Waals surface area (Å²) in [6, 6.07) is 6.23. The van der Waals surface area contributed by atoms with Gasteiger partial charge < -0.3 is 10.1 Å². The molecule has 1 rings (SSSR count). The Bertz CT molecular complexity index is 408. The molecule has 0 saturated carbocycles. The SMILES string of the molecule is CCCNCC(C)(CCC)Cc1cc(OC)ccc1Br. The highest BCUT2D eigenvalue weighted by molar-refractivity contribution is 9.10. The summed E-state index contributed by atoms with van der Waals surface area (Å²) in [5.41, 5.74) is 1.62. The summed E-state index contributed by atoms with van der Waals surface area (Å²) in [7, 11) is 1.72. The summed E-state index contributed by atoms with van der Waals surface area (Å²) in [5.74, 6) is 0.934. The predicted molar refractivity (Wildman–Crippen MR) is 90.6 cm³/mol. The van der Waals surface area contributed by atoms with Crippen molar-refractivity contribution in [3.8, 4) is 5.75 Å². The van der Waals surface area contributed by atoms with Crippen LogP contribution in [0.2, 0.25) is 0 Å². The first kappa shape index (κ1) is 17.5. The molecule has 1 atom stereocenters. The molecule has 0 aromatic heterocycles.